The van der Waals surface area contributed by atoms with E-state index < -0.39 is 11.7 Å². The third-order valence-electron chi connectivity index (χ3n) is 4.92. The van der Waals surface area contributed by atoms with Gasteiger partial charge in [-0.1, -0.05) is 17.7 Å². The number of halogens is 4. The van der Waals surface area contributed by atoms with Crippen LogP contribution >= 0.6 is 11.6 Å². The molecule has 1 aliphatic heterocycles. The number of alkyl halides is 3. The van der Waals surface area contributed by atoms with Crippen molar-refractivity contribution in [2.45, 2.75) is 25.6 Å². The van der Waals surface area contributed by atoms with Crippen molar-refractivity contribution in [1.82, 2.24) is 9.88 Å². The molecule has 0 saturated carbocycles. The average Bonchev–Trinajstić information content (AvgIpc) is 2.94. The van der Waals surface area contributed by atoms with Gasteiger partial charge in [0, 0.05) is 37.4 Å². The van der Waals surface area contributed by atoms with E-state index in [9.17, 15) is 23.1 Å². The molecule has 9 heteroatoms. The van der Waals surface area contributed by atoms with Crippen molar-refractivity contribution in [2.24, 2.45) is 0 Å². The molecule has 1 aliphatic rings. The number of nitrogens with zero attached hydrogens (tertiary/aromatic N) is 3. The Morgan fingerprint density at radius 1 is 1.14 bits per heavy atom. The van der Waals surface area contributed by atoms with Crippen LogP contribution in [0.3, 0.4) is 0 Å². The van der Waals surface area contributed by atoms with E-state index in [2.05, 4.69) is 4.98 Å². The number of pyridine rings is 1. The Labute approximate surface area is 171 Å². The first-order chi connectivity index (χ1) is 13.8. The lowest BCUT2D eigenvalue weighted by Gasteiger charge is -2.25. The lowest BCUT2D eigenvalue weighted by molar-refractivity contribution is -0.137. The summed E-state index contributed by atoms with van der Waals surface area (Å²) in [5.74, 6) is -0.257. The largest absolute Gasteiger partial charge is 0.419 e. The van der Waals surface area contributed by atoms with Gasteiger partial charge in [0.1, 0.15) is 5.82 Å². The van der Waals surface area contributed by atoms with Gasteiger partial charge in [0.25, 0.3) is 0 Å². The van der Waals surface area contributed by atoms with Crippen molar-refractivity contribution in [1.29, 1.82) is 0 Å². The maximum absolute atomic E-state index is 13.3. The van der Waals surface area contributed by atoms with Crippen LogP contribution in [0.4, 0.5) is 19.0 Å². The van der Waals surface area contributed by atoms with Crippen LogP contribution < -0.4 is 4.90 Å². The van der Waals surface area contributed by atoms with E-state index >= 15 is 0 Å². The van der Waals surface area contributed by atoms with Crippen LogP contribution in [-0.4, -0.2) is 47.1 Å². The molecule has 1 aromatic carbocycles. The number of carbonyl (C=O) groups is 1. The van der Waals surface area contributed by atoms with E-state index in [1.165, 1.54) is 12.3 Å². The highest BCUT2D eigenvalue weighted by molar-refractivity contribution is 6.30. The molecule has 1 fully saturated rings. The number of carbonyl (C=O) groups excluding carboxylic acids is 1. The van der Waals surface area contributed by atoms with Gasteiger partial charge in [-0.3, -0.25) is 4.79 Å². The molecular weight excluding hydrogens is 407 g/mol. The topological polar surface area (TPSA) is 56.7 Å². The van der Waals surface area contributed by atoms with Crippen molar-refractivity contribution in [3.63, 3.8) is 0 Å². The quantitative estimate of drug-likeness (QED) is 0.811. The van der Waals surface area contributed by atoms with Gasteiger partial charge in [-0.25, -0.2) is 4.98 Å². The van der Waals surface area contributed by atoms with Gasteiger partial charge in [-0.2, -0.15) is 13.2 Å². The van der Waals surface area contributed by atoms with Crippen LogP contribution in [0.5, 0.6) is 0 Å². The molecule has 29 heavy (non-hydrogen) atoms. The van der Waals surface area contributed by atoms with Crippen molar-refractivity contribution < 1.29 is 23.1 Å². The number of aromatic nitrogens is 1. The summed E-state index contributed by atoms with van der Waals surface area (Å²) in [6.45, 7) is 1.17. The zero-order chi connectivity index (χ0) is 21.0. The first-order valence-corrected chi connectivity index (χ1v) is 9.60. The van der Waals surface area contributed by atoms with E-state index in [1.807, 2.05) is 0 Å². The molecule has 3 rings (SSSR count). The Bertz CT molecular complexity index is 876. The van der Waals surface area contributed by atoms with Gasteiger partial charge >= 0.3 is 6.18 Å². The number of rotatable bonds is 4. The number of amides is 1. The van der Waals surface area contributed by atoms with E-state index in [0.29, 0.717) is 42.2 Å². The minimum Gasteiger partial charge on any atom is -0.392 e. The Balaban J connectivity index is 1.71. The van der Waals surface area contributed by atoms with Gasteiger partial charge in [-0.05, 0) is 41.8 Å². The van der Waals surface area contributed by atoms with Gasteiger partial charge in [0.05, 0.1) is 18.6 Å². The van der Waals surface area contributed by atoms with E-state index in [0.717, 1.165) is 6.07 Å². The summed E-state index contributed by atoms with van der Waals surface area (Å²) in [5.41, 5.74) is 0.504. The number of aliphatic hydroxyl groups is 1. The fourth-order valence-electron chi connectivity index (χ4n) is 3.44. The van der Waals surface area contributed by atoms with Crippen LogP contribution in [0.25, 0.3) is 0 Å². The number of benzene rings is 1. The van der Waals surface area contributed by atoms with Crippen LogP contribution in [0, 0.1) is 0 Å². The zero-order valence-electron chi connectivity index (χ0n) is 15.6. The third kappa shape index (κ3) is 5.19. The Morgan fingerprint density at radius 2 is 1.93 bits per heavy atom. The Kier molecular flexibility index (Phi) is 6.64. The lowest BCUT2D eigenvalue weighted by Crippen LogP contribution is -2.36. The monoisotopic (exact) mass is 427 g/mol. The molecule has 0 radical (unpaired) electrons. The van der Waals surface area contributed by atoms with Crippen LogP contribution in [0.1, 0.15) is 23.1 Å². The van der Waals surface area contributed by atoms with Gasteiger partial charge < -0.3 is 14.9 Å². The van der Waals surface area contributed by atoms with Crippen molar-refractivity contribution in [2.75, 3.05) is 31.1 Å². The van der Waals surface area contributed by atoms with E-state index in [4.69, 9.17) is 11.6 Å². The Morgan fingerprint density at radius 3 is 2.66 bits per heavy atom. The second kappa shape index (κ2) is 9.00. The fourth-order valence-corrected chi connectivity index (χ4v) is 3.63. The van der Waals surface area contributed by atoms with Gasteiger partial charge in [-0.15, -0.1) is 0 Å². The second-order valence-electron chi connectivity index (χ2n) is 6.84. The molecule has 0 bridgehead atoms. The SMILES string of the molecule is O=C(Cc1cc(Cl)ccc1CO)N1CCCN(c2ncccc2C(F)(F)F)CC1. The van der Waals surface area contributed by atoms with Crippen molar-refractivity contribution in [3.05, 3.63) is 58.2 Å². The smallest absolute Gasteiger partial charge is 0.392 e. The molecule has 1 saturated heterocycles. The molecule has 0 atom stereocenters. The van der Waals surface area contributed by atoms with Crippen LogP contribution in [-0.2, 0) is 24.0 Å². The van der Waals surface area contributed by atoms with Crippen LogP contribution in [0.2, 0.25) is 5.02 Å². The van der Waals surface area contributed by atoms with Crippen LogP contribution in [0.15, 0.2) is 36.5 Å². The number of anilines is 1. The second-order valence-corrected chi connectivity index (χ2v) is 7.28. The van der Waals surface area contributed by atoms with E-state index in [-0.39, 0.29) is 31.3 Å². The highest BCUT2D eigenvalue weighted by Crippen LogP contribution is 2.35. The van der Waals surface area contributed by atoms with Crippen molar-refractivity contribution >= 4 is 23.3 Å². The number of aliphatic hydroxyl groups excluding tert-OH is 1. The predicted molar refractivity (Wildman–Crippen MR) is 104 cm³/mol. The highest BCUT2D eigenvalue weighted by Gasteiger charge is 2.36. The molecular formula is C20H21ClF3N3O2. The molecule has 1 amide bonds. The molecule has 0 aliphatic carbocycles. The zero-order valence-corrected chi connectivity index (χ0v) is 16.4. The Hall–Kier alpha value is -2.32. The minimum absolute atomic E-state index is 0.0772. The molecule has 2 heterocycles. The number of hydrogen-bond acceptors (Lipinski definition) is 4. The van der Waals surface area contributed by atoms with Gasteiger partial charge in [0.15, 0.2) is 0 Å². The first-order valence-electron chi connectivity index (χ1n) is 9.22. The molecule has 0 spiro atoms. The summed E-state index contributed by atoms with van der Waals surface area (Å²) in [6.07, 6.45) is -2.54. The molecule has 0 unspecified atom stereocenters. The molecule has 1 aromatic heterocycles. The summed E-state index contributed by atoms with van der Waals surface area (Å²) in [5, 5.41) is 9.93. The van der Waals surface area contributed by atoms with E-state index in [1.54, 1.807) is 28.0 Å². The predicted octanol–water partition coefficient (Wildman–Crippen LogP) is 3.53. The summed E-state index contributed by atoms with van der Waals surface area (Å²) < 4.78 is 39.9. The summed E-state index contributed by atoms with van der Waals surface area (Å²) in [4.78, 5) is 19.9. The number of hydrogen-bond donors (Lipinski definition) is 1. The lowest BCUT2D eigenvalue weighted by atomic mass is 10.0. The summed E-state index contributed by atoms with van der Waals surface area (Å²) >= 11 is 6.00. The molecule has 156 valence electrons. The first kappa shape index (κ1) is 21.4. The van der Waals surface area contributed by atoms with Crippen molar-refractivity contribution in [3.8, 4) is 0 Å². The third-order valence-corrected chi connectivity index (χ3v) is 5.16. The average molecular weight is 428 g/mol. The fraction of sp³-hybridized carbons (Fsp3) is 0.400. The molecule has 2 aromatic rings. The summed E-state index contributed by atoms with van der Waals surface area (Å²) in [7, 11) is 0. The van der Waals surface area contributed by atoms with Gasteiger partial charge in [0.2, 0.25) is 5.91 Å². The summed E-state index contributed by atoms with van der Waals surface area (Å²) in [6, 6.07) is 7.26. The normalized spacial score (nSPS) is 15.3. The minimum atomic E-state index is -4.49. The maximum Gasteiger partial charge on any atom is 0.419 e. The standard InChI is InChI=1S/C20H21ClF3N3O2/c21-16-5-4-14(13-28)15(11-16)12-18(29)26-7-2-8-27(10-9-26)19-17(20(22,23)24)3-1-6-25-19/h1,3-6,11,28H,2,7-10,12-13H2. The maximum atomic E-state index is 13.3. The molecule has 1 N–H and O–H groups in total. The molecule has 5 nitrogen and oxygen atoms in total. The highest BCUT2D eigenvalue weighted by atomic mass is 35.5.